The first kappa shape index (κ1) is 21.0. The Kier molecular flexibility index (Phi) is 5.39. The number of hydrogen-bond acceptors (Lipinski definition) is 4. The third-order valence-electron chi connectivity index (χ3n) is 6.36. The van der Waals surface area contributed by atoms with Crippen LogP contribution in [0.2, 0.25) is 0 Å². The van der Waals surface area contributed by atoms with Crippen molar-refractivity contribution in [3.8, 4) is 11.1 Å². The lowest BCUT2D eigenvalue weighted by atomic mass is 9.96. The van der Waals surface area contributed by atoms with E-state index in [4.69, 9.17) is 5.14 Å². The number of rotatable bonds is 4. The summed E-state index contributed by atoms with van der Waals surface area (Å²) in [6.45, 7) is 3.23. The number of nitrogens with zero attached hydrogens (tertiary/aromatic N) is 2. The second kappa shape index (κ2) is 8.22. The highest BCUT2D eigenvalue weighted by molar-refractivity contribution is 7.97. The zero-order valence-electron chi connectivity index (χ0n) is 17.6. The van der Waals surface area contributed by atoms with E-state index in [2.05, 4.69) is 4.90 Å². The summed E-state index contributed by atoms with van der Waals surface area (Å²) in [7, 11) is 0. The minimum absolute atomic E-state index is 0.0102. The number of benzene rings is 3. The predicted octanol–water partition coefficient (Wildman–Crippen LogP) is 5.01. The van der Waals surface area contributed by atoms with Crippen molar-refractivity contribution in [2.45, 2.75) is 24.3 Å². The van der Waals surface area contributed by atoms with Crippen LogP contribution in [-0.2, 0) is 11.2 Å². The average Bonchev–Trinajstić information content (AvgIpc) is 3.07. The molecule has 1 saturated heterocycles. The van der Waals surface area contributed by atoms with Gasteiger partial charge in [0.25, 0.3) is 0 Å². The van der Waals surface area contributed by atoms with Crippen molar-refractivity contribution < 1.29 is 13.6 Å². The van der Waals surface area contributed by atoms with Crippen LogP contribution in [0.1, 0.15) is 12.5 Å². The summed E-state index contributed by atoms with van der Waals surface area (Å²) in [5, 5.41) is 5.58. The second-order valence-electron chi connectivity index (χ2n) is 8.42. The summed E-state index contributed by atoms with van der Waals surface area (Å²) < 4.78 is 28.1. The van der Waals surface area contributed by atoms with Gasteiger partial charge in [-0.15, -0.1) is 0 Å². The normalized spacial score (nSPS) is 17.9. The van der Waals surface area contributed by atoms with E-state index in [1.54, 1.807) is 23.1 Å². The van der Waals surface area contributed by atoms with Crippen molar-refractivity contribution in [1.82, 2.24) is 0 Å². The van der Waals surface area contributed by atoms with Gasteiger partial charge in [0.15, 0.2) is 0 Å². The Hall–Kier alpha value is -2.90. The van der Waals surface area contributed by atoms with Crippen molar-refractivity contribution in [3.05, 3.63) is 77.9 Å². The summed E-state index contributed by atoms with van der Waals surface area (Å²) >= 11 is 0.858. The van der Waals surface area contributed by atoms with E-state index in [-0.39, 0.29) is 29.5 Å². The van der Waals surface area contributed by atoms with Gasteiger partial charge in [-0.05, 0) is 66.8 Å². The second-order valence-corrected chi connectivity index (χ2v) is 9.09. The van der Waals surface area contributed by atoms with Gasteiger partial charge in [0, 0.05) is 36.1 Å². The third-order valence-corrected chi connectivity index (χ3v) is 6.93. The van der Waals surface area contributed by atoms with Crippen LogP contribution in [0.5, 0.6) is 0 Å². The van der Waals surface area contributed by atoms with E-state index in [9.17, 15) is 13.6 Å². The Morgan fingerprint density at radius 3 is 2.44 bits per heavy atom. The van der Waals surface area contributed by atoms with Crippen LogP contribution < -0.4 is 14.9 Å². The molecule has 164 valence electrons. The molecule has 0 radical (unpaired) electrons. The molecule has 0 bridgehead atoms. The Morgan fingerprint density at radius 2 is 1.75 bits per heavy atom. The van der Waals surface area contributed by atoms with Gasteiger partial charge in [-0.1, -0.05) is 30.3 Å². The molecule has 1 fully saturated rings. The minimum atomic E-state index is -0.341. The quantitative estimate of drug-likeness (QED) is 0.567. The van der Waals surface area contributed by atoms with Crippen LogP contribution in [-0.4, -0.2) is 25.0 Å². The molecular weight excluding hydrogens is 428 g/mol. The van der Waals surface area contributed by atoms with Gasteiger partial charge in [-0.3, -0.25) is 9.93 Å². The molecule has 2 aliphatic rings. The third kappa shape index (κ3) is 3.55. The number of nitrogens with two attached hydrogens (primary N) is 1. The fourth-order valence-corrected chi connectivity index (χ4v) is 4.99. The first-order valence-electron chi connectivity index (χ1n) is 10.6. The molecule has 3 aromatic carbocycles. The topological polar surface area (TPSA) is 49.6 Å². The summed E-state index contributed by atoms with van der Waals surface area (Å²) in [4.78, 5) is 17.6. The molecular formula is C25H23F2N3OS. The van der Waals surface area contributed by atoms with Gasteiger partial charge in [0.2, 0.25) is 5.91 Å². The standard InChI is InChI=1S/C25H23F2N3OS/c1-15-10-17-11-22(27)24(32-28)12-23(17)30(15)25(31)18-13-29(14-18)19-8-6-16(7-9-19)20-4-2-3-5-21(20)26/h2-9,11-12,15,18H,10,13-14,28H2,1H3/t15-/m0/s1. The van der Waals surface area contributed by atoms with Gasteiger partial charge < -0.3 is 9.80 Å². The molecule has 2 heterocycles. The maximum atomic E-state index is 14.1. The lowest BCUT2D eigenvalue weighted by Crippen LogP contribution is -2.55. The molecule has 0 aliphatic carbocycles. The molecule has 0 unspecified atom stereocenters. The summed E-state index contributed by atoms with van der Waals surface area (Å²) in [6, 6.07) is 17.6. The molecule has 0 spiro atoms. The highest BCUT2D eigenvalue weighted by Crippen LogP contribution is 2.38. The van der Waals surface area contributed by atoms with E-state index < -0.39 is 0 Å². The number of carbonyl (C=O) groups is 1. The molecule has 5 rings (SSSR count). The Balaban J connectivity index is 1.28. The van der Waals surface area contributed by atoms with Crippen LogP contribution in [0.4, 0.5) is 20.2 Å². The van der Waals surface area contributed by atoms with E-state index >= 15 is 0 Å². The minimum Gasteiger partial charge on any atom is -0.370 e. The molecule has 32 heavy (non-hydrogen) atoms. The van der Waals surface area contributed by atoms with Gasteiger partial charge in [-0.25, -0.2) is 8.78 Å². The van der Waals surface area contributed by atoms with Crippen molar-refractivity contribution in [3.63, 3.8) is 0 Å². The molecule has 0 saturated carbocycles. The predicted molar refractivity (Wildman–Crippen MR) is 125 cm³/mol. The van der Waals surface area contributed by atoms with Gasteiger partial charge in [0.05, 0.1) is 10.8 Å². The molecule has 2 N–H and O–H groups in total. The monoisotopic (exact) mass is 451 g/mol. The Bertz CT molecular complexity index is 1180. The van der Waals surface area contributed by atoms with Crippen LogP contribution in [0.25, 0.3) is 11.1 Å². The first-order chi connectivity index (χ1) is 15.5. The van der Waals surface area contributed by atoms with E-state index in [1.165, 1.54) is 12.1 Å². The summed E-state index contributed by atoms with van der Waals surface area (Å²) in [5.41, 5.74) is 4.02. The maximum Gasteiger partial charge on any atom is 0.233 e. The Labute approximate surface area is 190 Å². The summed E-state index contributed by atoms with van der Waals surface area (Å²) in [6.07, 6.45) is 0.640. The highest BCUT2D eigenvalue weighted by atomic mass is 32.2. The largest absolute Gasteiger partial charge is 0.370 e. The fraction of sp³-hybridized carbons (Fsp3) is 0.240. The molecule has 2 aliphatic heterocycles. The lowest BCUT2D eigenvalue weighted by molar-refractivity contribution is -0.123. The van der Waals surface area contributed by atoms with Crippen molar-refractivity contribution in [2.24, 2.45) is 11.1 Å². The number of anilines is 2. The zero-order chi connectivity index (χ0) is 22.4. The number of carbonyl (C=O) groups excluding carboxylic acids is 1. The van der Waals surface area contributed by atoms with Crippen LogP contribution in [0.15, 0.2) is 65.6 Å². The van der Waals surface area contributed by atoms with Crippen LogP contribution >= 0.6 is 11.9 Å². The smallest absolute Gasteiger partial charge is 0.233 e. The van der Waals surface area contributed by atoms with E-state index in [1.807, 2.05) is 37.3 Å². The maximum absolute atomic E-state index is 14.1. The molecule has 4 nitrogen and oxygen atoms in total. The molecule has 1 amide bonds. The number of amides is 1. The molecule has 1 atom stereocenters. The Morgan fingerprint density at radius 1 is 1.03 bits per heavy atom. The zero-order valence-corrected chi connectivity index (χ0v) is 18.4. The van der Waals surface area contributed by atoms with Crippen molar-refractivity contribution in [2.75, 3.05) is 22.9 Å². The van der Waals surface area contributed by atoms with Crippen LogP contribution in [0.3, 0.4) is 0 Å². The number of fused-ring (bicyclic) bond motifs is 1. The first-order valence-corrected chi connectivity index (χ1v) is 11.5. The van der Waals surface area contributed by atoms with Crippen molar-refractivity contribution in [1.29, 1.82) is 0 Å². The number of hydrogen-bond donors (Lipinski definition) is 1. The average molecular weight is 452 g/mol. The van der Waals surface area contributed by atoms with E-state index in [0.717, 1.165) is 34.4 Å². The molecule has 7 heteroatoms. The van der Waals surface area contributed by atoms with Gasteiger partial charge >= 0.3 is 0 Å². The van der Waals surface area contributed by atoms with Crippen molar-refractivity contribution >= 4 is 29.2 Å². The van der Waals surface area contributed by atoms with Crippen LogP contribution in [0, 0.1) is 17.6 Å². The fourth-order valence-electron chi connectivity index (χ4n) is 4.63. The molecule has 3 aromatic rings. The highest BCUT2D eigenvalue weighted by Gasteiger charge is 2.40. The SMILES string of the molecule is C[C@H]1Cc2cc(F)c(SN)cc2N1C(=O)C1CN(c2ccc(-c3ccccc3F)cc2)C1. The van der Waals surface area contributed by atoms with Gasteiger partial charge in [-0.2, -0.15) is 0 Å². The number of halogens is 2. The lowest BCUT2D eigenvalue weighted by Gasteiger charge is -2.42. The van der Waals surface area contributed by atoms with E-state index in [0.29, 0.717) is 30.0 Å². The van der Waals surface area contributed by atoms with Gasteiger partial charge in [0.1, 0.15) is 11.6 Å². The summed E-state index contributed by atoms with van der Waals surface area (Å²) in [5.74, 6) is -0.638. The molecule has 0 aromatic heterocycles.